The minimum atomic E-state index is -0.0811. The van der Waals surface area contributed by atoms with Crippen LogP contribution in [-0.4, -0.2) is 11.1 Å². The van der Waals surface area contributed by atoms with Crippen LogP contribution in [0, 0.1) is 0 Å². The Kier molecular flexibility index (Phi) is 2.49. The molecule has 1 heterocycles. The predicted octanol–water partition coefficient (Wildman–Crippen LogP) is 2.30. The van der Waals surface area contributed by atoms with Gasteiger partial charge in [-0.3, -0.25) is 4.79 Å². The molecule has 0 aliphatic heterocycles. The standard InChI is InChI=1S/C11H10N2O2/c1-8(14)13-10-4-2-9(3-5-10)11-6-7-12-15-11/h2-7H,1H3,(H,13,14). The first-order chi connectivity index (χ1) is 7.25. The van der Waals surface area contributed by atoms with E-state index in [1.54, 1.807) is 12.3 Å². The van der Waals surface area contributed by atoms with Crippen LogP contribution in [0.15, 0.2) is 41.1 Å². The van der Waals surface area contributed by atoms with E-state index in [9.17, 15) is 4.79 Å². The van der Waals surface area contributed by atoms with E-state index in [1.165, 1.54) is 6.92 Å². The average molecular weight is 202 g/mol. The van der Waals surface area contributed by atoms with Crippen LogP contribution in [0.25, 0.3) is 11.3 Å². The predicted molar refractivity (Wildman–Crippen MR) is 56.2 cm³/mol. The summed E-state index contributed by atoms with van der Waals surface area (Å²) in [5, 5.41) is 6.32. The monoisotopic (exact) mass is 202 g/mol. The molecule has 0 aliphatic carbocycles. The lowest BCUT2D eigenvalue weighted by Crippen LogP contribution is -2.05. The van der Waals surface area contributed by atoms with Gasteiger partial charge in [-0.2, -0.15) is 0 Å². The van der Waals surface area contributed by atoms with Crippen LogP contribution < -0.4 is 5.32 Å². The number of nitrogens with one attached hydrogen (secondary N) is 1. The summed E-state index contributed by atoms with van der Waals surface area (Å²) >= 11 is 0. The Morgan fingerprint density at radius 1 is 1.27 bits per heavy atom. The Bertz CT molecular complexity index is 446. The van der Waals surface area contributed by atoms with Crippen LogP contribution in [0.5, 0.6) is 0 Å². The van der Waals surface area contributed by atoms with Gasteiger partial charge in [-0.15, -0.1) is 0 Å². The molecule has 1 N–H and O–H groups in total. The number of amides is 1. The van der Waals surface area contributed by atoms with E-state index in [2.05, 4.69) is 10.5 Å². The molecule has 4 nitrogen and oxygen atoms in total. The molecule has 0 saturated carbocycles. The van der Waals surface area contributed by atoms with E-state index in [0.29, 0.717) is 5.76 Å². The van der Waals surface area contributed by atoms with Crippen molar-refractivity contribution in [1.82, 2.24) is 5.16 Å². The number of rotatable bonds is 2. The smallest absolute Gasteiger partial charge is 0.221 e. The molecule has 0 bridgehead atoms. The number of anilines is 1. The van der Waals surface area contributed by atoms with Crippen molar-refractivity contribution in [2.45, 2.75) is 6.92 Å². The summed E-state index contributed by atoms with van der Waals surface area (Å²) in [7, 11) is 0. The lowest BCUT2D eigenvalue weighted by atomic mass is 10.1. The number of hydrogen-bond acceptors (Lipinski definition) is 3. The minimum absolute atomic E-state index is 0.0811. The van der Waals surface area contributed by atoms with Crippen molar-refractivity contribution in [2.75, 3.05) is 5.32 Å². The van der Waals surface area contributed by atoms with Gasteiger partial charge in [-0.25, -0.2) is 0 Å². The van der Waals surface area contributed by atoms with Gasteiger partial charge in [0.2, 0.25) is 5.91 Å². The highest BCUT2D eigenvalue weighted by Crippen LogP contribution is 2.20. The van der Waals surface area contributed by atoms with E-state index >= 15 is 0 Å². The maximum absolute atomic E-state index is 10.8. The van der Waals surface area contributed by atoms with Gasteiger partial charge >= 0.3 is 0 Å². The molecular formula is C11H10N2O2. The first-order valence-corrected chi connectivity index (χ1v) is 4.54. The molecule has 1 amide bonds. The molecule has 1 aromatic heterocycles. The number of hydrogen-bond donors (Lipinski definition) is 1. The van der Waals surface area contributed by atoms with Crippen molar-refractivity contribution >= 4 is 11.6 Å². The maximum atomic E-state index is 10.8. The minimum Gasteiger partial charge on any atom is -0.356 e. The number of carbonyl (C=O) groups excluding carboxylic acids is 1. The summed E-state index contributed by atoms with van der Waals surface area (Å²) in [6.07, 6.45) is 1.59. The van der Waals surface area contributed by atoms with E-state index in [1.807, 2.05) is 24.3 Å². The summed E-state index contributed by atoms with van der Waals surface area (Å²) in [6.45, 7) is 1.48. The Hall–Kier alpha value is -2.10. The van der Waals surface area contributed by atoms with Gasteiger partial charge in [0.25, 0.3) is 0 Å². The molecule has 2 aromatic rings. The topological polar surface area (TPSA) is 55.1 Å². The Morgan fingerprint density at radius 3 is 2.53 bits per heavy atom. The average Bonchev–Trinajstić information content (AvgIpc) is 2.71. The number of aromatic nitrogens is 1. The first kappa shape index (κ1) is 9.45. The molecule has 76 valence electrons. The Morgan fingerprint density at radius 2 is 2.00 bits per heavy atom. The van der Waals surface area contributed by atoms with Crippen LogP contribution >= 0.6 is 0 Å². The fraction of sp³-hybridized carbons (Fsp3) is 0.0909. The highest BCUT2D eigenvalue weighted by molar-refractivity contribution is 5.88. The first-order valence-electron chi connectivity index (χ1n) is 4.54. The van der Waals surface area contributed by atoms with E-state index in [-0.39, 0.29) is 5.91 Å². The zero-order valence-corrected chi connectivity index (χ0v) is 8.23. The molecule has 0 spiro atoms. The fourth-order valence-electron chi connectivity index (χ4n) is 1.29. The van der Waals surface area contributed by atoms with Gasteiger partial charge in [0.05, 0.1) is 6.20 Å². The molecule has 0 unspecified atom stereocenters. The van der Waals surface area contributed by atoms with Gasteiger partial charge in [-0.1, -0.05) is 5.16 Å². The summed E-state index contributed by atoms with van der Waals surface area (Å²) < 4.78 is 5.00. The second-order valence-electron chi connectivity index (χ2n) is 3.14. The molecule has 0 radical (unpaired) electrons. The number of benzene rings is 1. The second-order valence-corrected chi connectivity index (χ2v) is 3.14. The number of nitrogens with zero attached hydrogens (tertiary/aromatic N) is 1. The van der Waals surface area contributed by atoms with Crippen molar-refractivity contribution in [3.8, 4) is 11.3 Å². The summed E-state index contributed by atoms with van der Waals surface area (Å²) in [6, 6.07) is 9.16. The molecule has 4 heteroatoms. The van der Waals surface area contributed by atoms with E-state index in [4.69, 9.17) is 4.52 Å². The van der Waals surface area contributed by atoms with Crippen molar-refractivity contribution < 1.29 is 9.32 Å². The highest BCUT2D eigenvalue weighted by Gasteiger charge is 2.01. The van der Waals surface area contributed by atoms with Crippen LogP contribution in [0.1, 0.15) is 6.92 Å². The molecule has 1 aromatic carbocycles. The largest absolute Gasteiger partial charge is 0.356 e. The van der Waals surface area contributed by atoms with Gasteiger partial charge in [-0.05, 0) is 24.3 Å². The summed E-state index contributed by atoms with van der Waals surface area (Å²) in [5.74, 6) is 0.631. The van der Waals surface area contributed by atoms with Crippen LogP contribution in [0.4, 0.5) is 5.69 Å². The molecule has 0 fully saturated rings. The quantitative estimate of drug-likeness (QED) is 0.812. The third kappa shape index (κ3) is 2.22. The third-order valence-electron chi connectivity index (χ3n) is 1.93. The normalized spacial score (nSPS) is 9.93. The van der Waals surface area contributed by atoms with Crippen LogP contribution in [0.3, 0.4) is 0 Å². The zero-order chi connectivity index (χ0) is 10.7. The van der Waals surface area contributed by atoms with Gasteiger partial charge in [0.1, 0.15) is 0 Å². The molecular weight excluding hydrogens is 192 g/mol. The van der Waals surface area contributed by atoms with Crippen molar-refractivity contribution in [3.63, 3.8) is 0 Å². The van der Waals surface area contributed by atoms with E-state index in [0.717, 1.165) is 11.3 Å². The fourth-order valence-corrected chi connectivity index (χ4v) is 1.29. The van der Waals surface area contributed by atoms with Gasteiger partial charge < -0.3 is 9.84 Å². The lowest BCUT2D eigenvalue weighted by Gasteiger charge is -2.01. The summed E-state index contributed by atoms with van der Waals surface area (Å²) in [5.41, 5.74) is 1.70. The molecule has 0 saturated heterocycles. The summed E-state index contributed by atoms with van der Waals surface area (Å²) in [4.78, 5) is 10.8. The Balaban J connectivity index is 2.21. The molecule has 2 rings (SSSR count). The Labute approximate surface area is 86.9 Å². The number of carbonyl (C=O) groups is 1. The molecule has 0 atom stereocenters. The highest BCUT2D eigenvalue weighted by atomic mass is 16.5. The maximum Gasteiger partial charge on any atom is 0.221 e. The lowest BCUT2D eigenvalue weighted by molar-refractivity contribution is -0.114. The third-order valence-corrected chi connectivity index (χ3v) is 1.93. The molecule has 0 aliphatic rings. The molecule has 15 heavy (non-hydrogen) atoms. The van der Waals surface area contributed by atoms with Crippen molar-refractivity contribution in [2.24, 2.45) is 0 Å². The van der Waals surface area contributed by atoms with Crippen molar-refractivity contribution in [1.29, 1.82) is 0 Å². The van der Waals surface area contributed by atoms with Crippen molar-refractivity contribution in [3.05, 3.63) is 36.5 Å². The second kappa shape index (κ2) is 3.96. The van der Waals surface area contributed by atoms with Crippen LogP contribution in [-0.2, 0) is 4.79 Å². The van der Waals surface area contributed by atoms with Gasteiger partial charge in [0, 0.05) is 24.2 Å². The SMILES string of the molecule is CC(=O)Nc1ccc(-c2ccno2)cc1. The van der Waals surface area contributed by atoms with E-state index < -0.39 is 0 Å². The van der Waals surface area contributed by atoms with Gasteiger partial charge in [0.15, 0.2) is 5.76 Å². The van der Waals surface area contributed by atoms with Crippen LogP contribution in [0.2, 0.25) is 0 Å². The zero-order valence-electron chi connectivity index (χ0n) is 8.23.